The standard InChI is InChI=1S/C11H18O6P2/c1-11(2,8-18(12,13)14)9-19(15,16)17-10-6-4-3-5-7-10/h3-7H,8-9H2,1-2H3,(H,15,16)(H2,12,13,14). The van der Waals surface area contributed by atoms with E-state index in [0.29, 0.717) is 0 Å². The van der Waals surface area contributed by atoms with Crippen molar-refractivity contribution in [2.45, 2.75) is 13.8 Å². The molecule has 19 heavy (non-hydrogen) atoms. The van der Waals surface area contributed by atoms with E-state index in [1.54, 1.807) is 30.3 Å². The van der Waals surface area contributed by atoms with Crippen molar-refractivity contribution >= 4 is 15.2 Å². The fourth-order valence-corrected chi connectivity index (χ4v) is 4.94. The van der Waals surface area contributed by atoms with E-state index >= 15 is 0 Å². The van der Waals surface area contributed by atoms with Crippen LogP contribution in [0.4, 0.5) is 0 Å². The average Bonchev–Trinajstić information content (AvgIpc) is 2.11. The number of para-hydroxylation sites is 1. The first-order valence-electron chi connectivity index (χ1n) is 5.60. The van der Waals surface area contributed by atoms with Crippen molar-refractivity contribution in [3.05, 3.63) is 30.3 Å². The van der Waals surface area contributed by atoms with E-state index in [-0.39, 0.29) is 11.9 Å². The molecule has 0 aliphatic carbocycles. The van der Waals surface area contributed by atoms with Crippen LogP contribution in [0.2, 0.25) is 0 Å². The maximum atomic E-state index is 12.0. The van der Waals surface area contributed by atoms with Crippen molar-refractivity contribution in [3.63, 3.8) is 0 Å². The summed E-state index contributed by atoms with van der Waals surface area (Å²) in [6.45, 7) is 3.03. The fourth-order valence-electron chi connectivity index (χ4n) is 1.83. The van der Waals surface area contributed by atoms with Gasteiger partial charge < -0.3 is 19.2 Å². The first kappa shape index (κ1) is 16.4. The molecule has 0 spiro atoms. The van der Waals surface area contributed by atoms with Crippen molar-refractivity contribution in [2.24, 2.45) is 5.41 Å². The summed E-state index contributed by atoms with van der Waals surface area (Å²) in [5.74, 6) is 0.250. The van der Waals surface area contributed by atoms with Gasteiger partial charge in [0.15, 0.2) is 0 Å². The Hall–Kier alpha value is -0.640. The molecule has 0 radical (unpaired) electrons. The molecule has 1 atom stereocenters. The minimum absolute atomic E-state index is 0.250. The van der Waals surface area contributed by atoms with Crippen LogP contribution < -0.4 is 4.52 Å². The van der Waals surface area contributed by atoms with E-state index in [9.17, 15) is 14.0 Å². The van der Waals surface area contributed by atoms with Gasteiger partial charge in [0, 0.05) is 0 Å². The van der Waals surface area contributed by atoms with Crippen LogP contribution in [0.3, 0.4) is 0 Å². The minimum Gasteiger partial charge on any atom is -0.424 e. The molecule has 1 aromatic carbocycles. The van der Waals surface area contributed by atoms with Gasteiger partial charge in [-0.15, -0.1) is 0 Å². The number of hydrogen-bond donors (Lipinski definition) is 3. The van der Waals surface area contributed by atoms with Gasteiger partial charge in [-0.1, -0.05) is 32.0 Å². The Kier molecular flexibility index (Phi) is 4.99. The summed E-state index contributed by atoms with van der Waals surface area (Å²) in [4.78, 5) is 27.7. The van der Waals surface area contributed by atoms with Crippen LogP contribution in [-0.2, 0) is 9.13 Å². The maximum absolute atomic E-state index is 12.0. The van der Waals surface area contributed by atoms with Crippen molar-refractivity contribution in [2.75, 3.05) is 12.3 Å². The summed E-state index contributed by atoms with van der Waals surface area (Å²) < 4.78 is 27.9. The molecule has 6 nitrogen and oxygen atoms in total. The lowest BCUT2D eigenvalue weighted by Gasteiger charge is -2.27. The molecule has 108 valence electrons. The second-order valence-corrected chi connectivity index (χ2v) is 8.61. The molecule has 0 saturated carbocycles. The Morgan fingerprint density at radius 3 is 2.05 bits per heavy atom. The molecule has 0 heterocycles. The van der Waals surface area contributed by atoms with E-state index in [1.807, 2.05) is 0 Å². The SMILES string of the molecule is CC(C)(CP(=O)(O)O)CP(=O)(O)Oc1ccccc1. The van der Waals surface area contributed by atoms with Gasteiger partial charge in [0.25, 0.3) is 0 Å². The van der Waals surface area contributed by atoms with E-state index in [4.69, 9.17) is 14.3 Å². The van der Waals surface area contributed by atoms with Gasteiger partial charge >= 0.3 is 15.2 Å². The van der Waals surface area contributed by atoms with Gasteiger partial charge in [0.1, 0.15) is 5.75 Å². The summed E-state index contributed by atoms with van der Waals surface area (Å²) >= 11 is 0. The van der Waals surface area contributed by atoms with Gasteiger partial charge in [-0.25, -0.2) is 4.57 Å². The molecule has 0 aliphatic heterocycles. The Bertz CT molecular complexity index is 507. The zero-order valence-corrected chi connectivity index (χ0v) is 12.6. The first-order valence-corrected chi connectivity index (χ1v) is 9.16. The predicted octanol–water partition coefficient (Wildman–Crippen LogP) is 2.45. The fraction of sp³-hybridized carbons (Fsp3) is 0.455. The van der Waals surface area contributed by atoms with Crippen molar-refractivity contribution in [1.29, 1.82) is 0 Å². The van der Waals surface area contributed by atoms with Crippen LogP contribution >= 0.6 is 15.2 Å². The lowest BCUT2D eigenvalue weighted by Crippen LogP contribution is -2.23. The van der Waals surface area contributed by atoms with Crippen molar-refractivity contribution < 1.29 is 28.3 Å². The smallest absolute Gasteiger partial charge is 0.377 e. The van der Waals surface area contributed by atoms with Gasteiger partial charge in [-0.3, -0.25) is 4.57 Å². The average molecular weight is 308 g/mol. The Labute approximate surface area is 112 Å². The molecule has 0 bridgehead atoms. The van der Waals surface area contributed by atoms with Crippen LogP contribution in [-0.4, -0.2) is 27.0 Å². The lowest BCUT2D eigenvalue weighted by atomic mass is 10.0. The largest absolute Gasteiger partial charge is 0.424 e. The molecule has 8 heteroatoms. The number of benzene rings is 1. The second kappa shape index (κ2) is 5.78. The normalized spacial score (nSPS) is 15.8. The molecular formula is C11H18O6P2. The van der Waals surface area contributed by atoms with Gasteiger partial charge in [0.2, 0.25) is 0 Å². The van der Waals surface area contributed by atoms with E-state index in [0.717, 1.165) is 0 Å². The highest BCUT2D eigenvalue weighted by Gasteiger charge is 2.36. The molecule has 1 aromatic rings. The van der Waals surface area contributed by atoms with E-state index in [1.165, 1.54) is 13.8 Å². The summed E-state index contributed by atoms with van der Waals surface area (Å²) in [5, 5.41) is 0. The lowest BCUT2D eigenvalue weighted by molar-refractivity contribution is 0.325. The molecule has 0 amide bonds. The van der Waals surface area contributed by atoms with Crippen LogP contribution in [0, 0.1) is 5.41 Å². The minimum atomic E-state index is -4.24. The molecule has 0 saturated heterocycles. The first-order chi connectivity index (χ1) is 8.49. The topological polar surface area (TPSA) is 104 Å². The highest BCUT2D eigenvalue weighted by Crippen LogP contribution is 2.51. The second-order valence-electron chi connectivity index (χ2n) is 5.19. The zero-order chi connectivity index (χ0) is 14.7. The molecule has 1 rings (SSSR count). The van der Waals surface area contributed by atoms with Crippen LogP contribution in [0.5, 0.6) is 5.75 Å². The van der Waals surface area contributed by atoms with Gasteiger partial charge in [-0.05, 0) is 17.5 Å². The Morgan fingerprint density at radius 2 is 1.58 bits per heavy atom. The quantitative estimate of drug-likeness (QED) is 0.697. The summed E-state index contributed by atoms with van der Waals surface area (Å²) in [6.07, 6.45) is -0.803. The van der Waals surface area contributed by atoms with E-state index in [2.05, 4.69) is 0 Å². The van der Waals surface area contributed by atoms with Gasteiger partial charge in [0.05, 0.1) is 12.3 Å². The van der Waals surface area contributed by atoms with Gasteiger partial charge in [-0.2, -0.15) is 0 Å². The molecule has 0 aromatic heterocycles. The zero-order valence-electron chi connectivity index (χ0n) is 10.8. The van der Waals surface area contributed by atoms with Crippen molar-refractivity contribution in [3.8, 4) is 5.75 Å². The number of rotatable bonds is 6. The molecule has 3 N–H and O–H groups in total. The van der Waals surface area contributed by atoms with Crippen LogP contribution in [0.25, 0.3) is 0 Å². The molecule has 0 aliphatic rings. The molecule has 1 unspecified atom stereocenters. The molecular weight excluding hydrogens is 290 g/mol. The summed E-state index contributed by atoms with van der Waals surface area (Å²) in [6, 6.07) is 8.15. The van der Waals surface area contributed by atoms with Crippen LogP contribution in [0.15, 0.2) is 30.3 Å². The summed E-state index contributed by atoms with van der Waals surface area (Å²) in [5.41, 5.74) is -1.00. The van der Waals surface area contributed by atoms with Crippen molar-refractivity contribution in [1.82, 2.24) is 0 Å². The highest BCUT2D eigenvalue weighted by atomic mass is 31.2. The third-order valence-electron chi connectivity index (χ3n) is 2.25. The summed E-state index contributed by atoms with van der Waals surface area (Å²) in [7, 11) is -8.21. The third kappa shape index (κ3) is 6.90. The monoisotopic (exact) mass is 308 g/mol. The van der Waals surface area contributed by atoms with Crippen LogP contribution in [0.1, 0.15) is 13.8 Å². The third-order valence-corrected chi connectivity index (χ3v) is 5.27. The van der Waals surface area contributed by atoms with E-state index < -0.39 is 26.8 Å². The Morgan fingerprint density at radius 1 is 1.05 bits per heavy atom. The Balaban J connectivity index is 2.74. The number of hydrogen-bond acceptors (Lipinski definition) is 3. The highest BCUT2D eigenvalue weighted by molar-refractivity contribution is 7.53. The predicted molar refractivity (Wildman–Crippen MR) is 72.5 cm³/mol. The molecule has 0 fully saturated rings. The maximum Gasteiger partial charge on any atom is 0.377 e.